The molecule has 0 saturated carbocycles. The number of benzene rings is 4. The van der Waals surface area contributed by atoms with E-state index in [0.29, 0.717) is 23.5 Å². The molecule has 5 nitrogen and oxygen atoms in total. The Balaban J connectivity index is 1.24. The molecule has 0 aliphatic rings. The summed E-state index contributed by atoms with van der Waals surface area (Å²) in [6.07, 6.45) is 14.6. The molecule has 0 radical (unpaired) electrons. The average Bonchev–Trinajstić information content (AvgIpc) is 3.12. The SMILES string of the molecule is CCCCCCCCCCC(=O)Oc1ccc(-c2ccc(C(=O)Oc3ccc4cc([C@H](C)C(=O)SCCCCCC)ccc4c3)cc2)cc1. The second kappa shape index (κ2) is 20.6. The summed E-state index contributed by atoms with van der Waals surface area (Å²) in [4.78, 5) is 38.0. The summed E-state index contributed by atoms with van der Waals surface area (Å²) >= 11 is 1.44. The van der Waals surface area contributed by atoms with Crippen molar-refractivity contribution in [3.63, 3.8) is 0 Å². The van der Waals surface area contributed by atoms with E-state index in [0.717, 1.165) is 52.5 Å². The minimum Gasteiger partial charge on any atom is -0.427 e. The van der Waals surface area contributed by atoms with Crippen molar-refractivity contribution < 1.29 is 23.9 Å². The molecular weight excluding hydrogens is 629 g/mol. The third kappa shape index (κ3) is 12.5. The zero-order chi connectivity index (χ0) is 34.8. The van der Waals surface area contributed by atoms with Crippen LogP contribution >= 0.6 is 11.8 Å². The van der Waals surface area contributed by atoms with E-state index in [2.05, 4.69) is 19.9 Å². The van der Waals surface area contributed by atoms with Crippen LogP contribution in [0.3, 0.4) is 0 Å². The van der Waals surface area contributed by atoms with Gasteiger partial charge in [-0.3, -0.25) is 9.59 Å². The highest BCUT2D eigenvalue weighted by molar-refractivity contribution is 8.13. The number of fused-ring (bicyclic) bond motifs is 1. The molecule has 0 heterocycles. The summed E-state index contributed by atoms with van der Waals surface area (Å²) in [5.74, 6) is 1.08. The second-order valence-electron chi connectivity index (χ2n) is 12.9. The summed E-state index contributed by atoms with van der Waals surface area (Å²) in [5, 5.41) is 2.15. The minimum absolute atomic E-state index is 0.175. The molecule has 0 unspecified atom stereocenters. The third-order valence-electron chi connectivity index (χ3n) is 8.92. The summed E-state index contributed by atoms with van der Waals surface area (Å²) < 4.78 is 11.2. The van der Waals surface area contributed by atoms with Gasteiger partial charge in [-0.05, 0) is 76.7 Å². The highest BCUT2D eigenvalue weighted by Gasteiger charge is 2.17. The maximum atomic E-state index is 13.0. The first-order chi connectivity index (χ1) is 23.9. The van der Waals surface area contributed by atoms with Crippen LogP contribution in [0.5, 0.6) is 11.5 Å². The number of unbranched alkanes of at least 4 members (excludes halogenated alkanes) is 10. The normalized spacial score (nSPS) is 11.7. The Hall–Kier alpha value is -3.90. The van der Waals surface area contributed by atoms with Crippen molar-refractivity contribution in [3.05, 3.63) is 96.1 Å². The number of hydrogen-bond acceptors (Lipinski definition) is 6. The van der Waals surface area contributed by atoms with Gasteiger partial charge < -0.3 is 9.47 Å². The summed E-state index contributed by atoms with van der Waals surface area (Å²) in [6.45, 7) is 6.38. The quantitative estimate of drug-likeness (QED) is 0.0526. The standard InChI is InChI=1S/C43H52O5S/c1-4-6-8-10-11-12-13-14-16-41(44)47-39-26-23-34(24-27-39)33-17-19-35(20-18-33)42(45)48-40-28-25-37-30-36(21-22-38(37)31-40)32(3)43(46)49-29-15-9-7-5-2/h17-28,30-32H,4-16,29H2,1-3H3/t32-/m0/s1. The van der Waals surface area contributed by atoms with Gasteiger partial charge in [-0.25, -0.2) is 4.79 Å². The third-order valence-corrected chi connectivity index (χ3v) is 10.0. The molecule has 4 aromatic carbocycles. The van der Waals surface area contributed by atoms with Gasteiger partial charge in [-0.15, -0.1) is 0 Å². The van der Waals surface area contributed by atoms with E-state index in [9.17, 15) is 14.4 Å². The molecule has 49 heavy (non-hydrogen) atoms. The fourth-order valence-electron chi connectivity index (χ4n) is 5.80. The molecule has 4 aromatic rings. The molecule has 0 bridgehead atoms. The first-order valence-electron chi connectivity index (χ1n) is 18.2. The Labute approximate surface area is 297 Å². The lowest BCUT2D eigenvalue weighted by Gasteiger charge is -2.12. The Morgan fingerprint density at radius 3 is 1.82 bits per heavy atom. The molecule has 260 valence electrons. The molecule has 0 aliphatic carbocycles. The monoisotopic (exact) mass is 680 g/mol. The topological polar surface area (TPSA) is 69.7 Å². The number of hydrogen-bond donors (Lipinski definition) is 0. The van der Waals surface area contributed by atoms with Crippen molar-refractivity contribution in [2.75, 3.05) is 5.75 Å². The lowest BCUT2D eigenvalue weighted by molar-refractivity contribution is -0.134. The van der Waals surface area contributed by atoms with E-state index in [4.69, 9.17) is 9.47 Å². The lowest BCUT2D eigenvalue weighted by atomic mass is 9.98. The number of carbonyl (C=O) groups excluding carboxylic acids is 3. The first-order valence-corrected chi connectivity index (χ1v) is 19.2. The molecule has 1 atom stereocenters. The van der Waals surface area contributed by atoms with Gasteiger partial charge in [0.1, 0.15) is 11.5 Å². The van der Waals surface area contributed by atoms with Crippen LogP contribution in [-0.2, 0) is 9.59 Å². The highest BCUT2D eigenvalue weighted by atomic mass is 32.2. The van der Waals surface area contributed by atoms with Gasteiger partial charge in [-0.2, -0.15) is 0 Å². The van der Waals surface area contributed by atoms with Gasteiger partial charge in [0.25, 0.3) is 0 Å². The maximum absolute atomic E-state index is 13.0. The van der Waals surface area contributed by atoms with Crippen LogP contribution < -0.4 is 9.47 Å². The van der Waals surface area contributed by atoms with Crippen molar-refractivity contribution in [2.45, 2.75) is 110 Å². The van der Waals surface area contributed by atoms with Crippen LogP contribution in [0.2, 0.25) is 0 Å². The van der Waals surface area contributed by atoms with Gasteiger partial charge in [0.2, 0.25) is 0 Å². The van der Waals surface area contributed by atoms with Crippen LogP contribution in [0, 0.1) is 0 Å². The smallest absolute Gasteiger partial charge is 0.343 e. The summed E-state index contributed by atoms with van der Waals surface area (Å²) in [7, 11) is 0. The van der Waals surface area contributed by atoms with E-state index in [1.165, 1.54) is 69.5 Å². The van der Waals surface area contributed by atoms with E-state index in [1.54, 1.807) is 30.3 Å². The van der Waals surface area contributed by atoms with Crippen molar-refractivity contribution >= 4 is 39.6 Å². The fraction of sp³-hybridized carbons (Fsp3) is 0.419. The zero-order valence-electron chi connectivity index (χ0n) is 29.5. The van der Waals surface area contributed by atoms with E-state index in [-0.39, 0.29) is 17.0 Å². The van der Waals surface area contributed by atoms with Crippen molar-refractivity contribution in [1.82, 2.24) is 0 Å². The van der Waals surface area contributed by atoms with Crippen LogP contribution in [-0.4, -0.2) is 22.8 Å². The molecule has 0 fully saturated rings. The molecule has 0 amide bonds. The molecule has 0 spiro atoms. The fourth-order valence-corrected chi connectivity index (χ4v) is 6.74. The van der Waals surface area contributed by atoms with E-state index < -0.39 is 5.97 Å². The molecule has 0 aromatic heterocycles. The highest BCUT2D eigenvalue weighted by Crippen LogP contribution is 2.29. The van der Waals surface area contributed by atoms with Gasteiger partial charge in [0, 0.05) is 12.2 Å². The van der Waals surface area contributed by atoms with Crippen molar-refractivity contribution in [2.24, 2.45) is 0 Å². The van der Waals surface area contributed by atoms with Crippen LogP contribution in [0.1, 0.15) is 126 Å². The van der Waals surface area contributed by atoms with Gasteiger partial charge in [0.05, 0.1) is 11.5 Å². The van der Waals surface area contributed by atoms with Crippen molar-refractivity contribution in [3.8, 4) is 22.6 Å². The molecule has 6 heteroatoms. The Bertz CT molecular complexity index is 1630. The summed E-state index contributed by atoms with van der Waals surface area (Å²) in [5.41, 5.74) is 3.34. The van der Waals surface area contributed by atoms with Crippen LogP contribution in [0.15, 0.2) is 84.9 Å². The maximum Gasteiger partial charge on any atom is 0.343 e. The number of carbonyl (C=O) groups is 3. The van der Waals surface area contributed by atoms with E-state index >= 15 is 0 Å². The Morgan fingerprint density at radius 2 is 1.14 bits per heavy atom. The first kappa shape index (κ1) is 37.9. The average molecular weight is 681 g/mol. The Morgan fingerprint density at radius 1 is 0.592 bits per heavy atom. The van der Waals surface area contributed by atoms with Crippen molar-refractivity contribution in [1.29, 1.82) is 0 Å². The predicted molar refractivity (Wildman–Crippen MR) is 204 cm³/mol. The lowest BCUT2D eigenvalue weighted by Crippen LogP contribution is -2.08. The number of rotatable bonds is 20. The van der Waals surface area contributed by atoms with Crippen LogP contribution in [0.4, 0.5) is 0 Å². The largest absolute Gasteiger partial charge is 0.427 e. The number of ether oxygens (including phenoxy) is 2. The van der Waals surface area contributed by atoms with Gasteiger partial charge >= 0.3 is 11.9 Å². The van der Waals surface area contributed by atoms with E-state index in [1.807, 2.05) is 55.5 Å². The Kier molecular flexibility index (Phi) is 15.9. The van der Waals surface area contributed by atoms with Crippen LogP contribution in [0.25, 0.3) is 21.9 Å². The molecular formula is C43H52O5S. The summed E-state index contributed by atoms with van der Waals surface area (Å²) in [6, 6.07) is 26.3. The molecule has 4 rings (SSSR count). The number of thioether (sulfide) groups is 1. The number of esters is 2. The minimum atomic E-state index is -0.434. The second-order valence-corrected chi connectivity index (χ2v) is 14.0. The molecule has 0 aliphatic heterocycles. The zero-order valence-corrected chi connectivity index (χ0v) is 30.3. The predicted octanol–water partition coefficient (Wildman–Crippen LogP) is 12.1. The van der Waals surface area contributed by atoms with Gasteiger partial charge in [0.15, 0.2) is 5.12 Å². The van der Waals surface area contributed by atoms with Gasteiger partial charge in [-0.1, -0.05) is 145 Å². The molecule has 0 N–H and O–H groups in total. The molecule has 0 saturated heterocycles.